The van der Waals surface area contributed by atoms with Crippen LogP contribution in [0, 0.1) is 0 Å². The molecule has 11 heteroatoms. The van der Waals surface area contributed by atoms with E-state index in [2.05, 4.69) is 0 Å². The van der Waals surface area contributed by atoms with E-state index in [4.69, 9.17) is 9.84 Å². The third-order valence-corrected chi connectivity index (χ3v) is 5.25. The van der Waals surface area contributed by atoms with E-state index >= 15 is 0 Å². The second kappa shape index (κ2) is 7.31. The van der Waals surface area contributed by atoms with Gasteiger partial charge in [0.15, 0.2) is 0 Å². The second-order valence-electron chi connectivity index (χ2n) is 6.03. The molecule has 1 aromatic carbocycles. The standard InChI is InChI=1S/C15H19F3N2O5S/c1-19(26(2,23)24)11-5-10(15(16,17)18)6-12(7-11)20-4-3-13(8-20)25-9-14(21)22/h5-7,13H,3-4,8-9H2,1-2H3,(H,21,22). The number of halogens is 3. The van der Waals surface area contributed by atoms with Crippen LogP contribution in [-0.2, 0) is 25.7 Å². The van der Waals surface area contributed by atoms with Crippen LogP contribution in [0.4, 0.5) is 24.5 Å². The summed E-state index contributed by atoms with van der Waals surface area (Å²) in [6.07, 6.45) is -3.70. The predicted octanol–water partition coefficient (Wildman–Crippen LogP) is 1.78. The minimum Gasteiger partial charge on any atom is -0.480 e. The van der Waals surface area contributed by atoms with Crippen molar-refractivity contribution in [2.24, 2.45) is 0 Å². The number of aliphatic carboxylic acids is 1. The van der Waals surface area contributed by atoms with Crippen molar-refractivity contribution in [1.29, 1.82) is 0 Å². The van der Waals surface area contributed by atoms with Crippen LogP contribution in [0.25, 0.3) is 0 Å². The Labute approximate surface area is 149 Å². The predicted molar refractivity (Wildman–Crippen MR) is 88.9 cm³/mol. The molecule has 1 aliphatic rings. The SMILES string of the molecule is CN(c1cc(N2CCC(OCC(=O)O)C2)cc(C(F)(F)F)c1)S(C)(=O)=O. The highest BCUT2D eigenvalue weighted by molar-refractivity contribution is 7.92. The van der Waals surface area contributed by atoms with Crippen molar-refractivity contribution in [3.63, 3.8) is 0 Å². The normalized spacial score (nSPS) is 18.2. The topological polar surface area (TPSA) is 87.2 Å². The molecule has 1 aliphatic heterocycles. The summed E-state index contributed by atoms with van der Waals surface area (Å²) in [6, 6.07) is 3.08. The van der Waals surface area contributed by atoms with Gasteiger partial charge in [0.05, 0.1) is 23.6 Å². The van der Waals surface area contributed by atoms with Crippen molar-refractivity contribution in [1.82, 2.24) is 0 Å². The van der Waals surface area contributed by atoms with Gasteiger partial charge in [-0.2, -0.15) is 13.2 Å². The summed E-state index contributed by atoms with van der Waals surface area (Å²) in [5.74, 6) is -1.13. The number of anilines is 2. The molecule has 0 aliphatic carbocycles. The van der Waals surface area contributed by atoms with Crippen LogP contribution in [0.15, 0.2) is 18.2 Å². The average molecular weight is 396 g/mol. The van der Waals surface area contributed by atoms with E-state index in [1.165, 1.54) is 13.1 Å². The number of carboxylic acids is 1. The van der Waals surface area contributed by atoms with Crippen molar-refractivity contribution in [2.75, 3.05) is 42.2 Å². The molecule has 146 valence electrons. The van der Waals surface area contributed by atoms with Gasteiger partial charge in [-0.15, -0.1) is 0 Å². The van der Waals surface area contributed by atoms with Crippen LogP contribution in [0.5, 0.6) is 0 Å². The van der Waals surface area contributed by atoms with E-state index < -0.39 is 40.4 Å². The average Bonchev–Trinajstić information content (AvgIpc) is 2.99. The minimum atomic E-state index is -4.64. The Morgan fingerprint density at radius 2 is 2.04 bits per heavy atom. The lowest BCUT2D eigenvalue weighted by atomic mass is 10.1. The molecule has 1 N–H and O–H groups in total. The maximum Gasteiger partial charge on any atom is 0.416 e. The summed E-state index contributed by atoms with van der Waals surface area (Å²) >= 11 is 0. The van der Waals surface area contributed by atoms with Crippen LogP contribution in [0.1, 0.15) is 12.0 Å². The molecule has 1 atom stereocenters. The summed E-state index contributed by atoms with van der Waals surface area (Å²) in [4.78, 5) is 12.2. The number of carboxylic acid groups (broad SMARTS) is 1. The molecule has 1 fully saturated rings. The van der Waals surface area contributed by atoms with E-state index in [9.17, 15) is 26.4 Å². The largest absolute Gasteiger partial charge is 0.480 e. The van der Waals surface area contributed by atoms with Gasteiger partial charge < -0.3 is 14.7 Å². The Kier molecular flexibility index (Phi) is 5.71. The quantitative estimate of drug-likeness (QED) is 0.789. The third kappa shape index (κ3) is 5.01. The summed E-state index contributed by atoms with van der Waals surface area (Å²) in [7, 11) is -2.55. The van der Waals surface area contributed by atoms with Crippen LogP contribution in [0.2, 0.25) is 0 Å². The molecule has 0 amide bonds. The van der Waals surface area contributed by atoms with E-state index in [0.717, 1.165) is 22.7 Å². The zero-order valence-electron chi connectivity index (χ0n) is 14.2. The second-order valence-corrected chi connectivity index (χ2v) is 8.04. The highest BCUT2D eigenvalue weighted by Crippen LogP contribution is 2.36. The third-order valence-electron chi connectivity index (χ3n) is 4.04. The first kappa shape index (κ1) is 20.3. The fourth-order valence-corrected chi connectivity index (χ4v) is 3.09. The van der Waals surface area contributed by atoms with E-state index in [-0.39, 0.29) is 17.9 Å². The molecule has 0 bridgehead atoms. The van der Waals surface area contributed by atoms with Crippen molar-refractivity contribution < 1.29 is 36.2 Å². The van der Waals surface area contributed by atoms with E-state index in [1.807, 2.05) is 0 Å². The number of ether oxygens (including phenoxy) is 1. The minimum absolute atomic E-state index is 0.104. The molecule has 2 rings (SSSR count). The number of hydrogen-bond acceptors (Lipinski definition) is 5. The molecule has 26 heavy (non-hydrogen) atoms. The van der Waals surface area contributed by atoms with Crippen LogP contribution in [-0.4, -0.2) is 58.6 Å². The summed E-state index contributed by atoms with van der Waals surface area (Å²) in [5, 5.41) is 8.63. The zero-order valence-corrected chi connectivity index (χ0v) is 15.0. The van der Waals surface area contributed by atoms with Gasteiger partial charge in [-0.3, -0.25) is 4.31 Å². The highest BCUT2D eigenvalue weighted by Gasteiger charge is 2.33. The monoisotopic (exact) mass is 396 g/mol. The number of benzene rings is 1. The molecule has 0 radical (unpaired) electrons. The van der Waals surface area contributed by atoms with Gasteiger partial charge in [-0.25, -0.2) is 13.2 Å². The Bertz CT molecular complexity index is 782. The van der Waals surface area contributed by atoms with Gasteiger partial charge in [0.1, 0.15) is 6.61 Å². The van der Waals surface area contributed by atoms with Crippen molar-refractivity contribution >= 4 is 27.4 Å². The fourth-order valence-electron chi connectivity index (χ4n) is 2.60. The lowest BCUT2D eigenvalue weighted by Gasteiger charge is -2.24. The summed E-state index contributed by atoms with van der Waals surface area (Å²) in [5.41, 5.74) is -0.866. The van der Waals surface area contributed by atoms with Crippen LogP contribution < -0.4 is 9.21 Å². The number of nitrogens with zero attached hydrogens (tertiary/aromatic N) is 2. The molecule has 1 aromatic rings. The smallest absolute Gasteiger partial charge is 0.416 e. The van der Waals surface area contributed by atoms with E-state index in [0.29, 0.717) is 13.0 Å². The van der Waals surface area contributed by atoms with Crippen molar-refractivity contribution in [3.05, 3.63) is 23.8 Å². The fraction of sp³-hybridized carbons (Fsp3) is 0.533. The molecular formula is C15H19F3N2O5S. The van der Waals surface area contributed by atoms with E-state index in [1.54, 1.807) is 4.90 Å². The van der Waals surface area contributed by atoms with Crippen LogP contribution in [0.3, 0.4) is 0 Å². The number of alkyl halides is 3. The summed E-state index contributed by atoms with van der Waals surface area (Å²) < 4.78 is 68.9. The van der Waals surface area contributed by atoms with Gasteiger partial charge in [-0.05, 0) is 24.6 Å². The number of hydrogen-bond donors (Lipinski definition) is 1. The molecule has 1 unspecified atom stereocenters. The Hall–Kier alpha value is -2.01. The number of carbonyl (C=O) groups is 1. The molecule has 7 nitrogen and oxygen atoms in total. The Morgan fingerprint density at radius 1 is 1.38 bits per heavy atom. The Balaban J connectivity index is 2.32. The summed E-state index contributed by atoms with van der Waals surface area (Å²) in [6.45, 7) is 0.105. The molecular weight excluding hydrogens is 377 g/mol. The lowest BCUT2D eigenvalue weighted by Crippen LogP contribution is -2.27. The van der Waals surface area contributed by atoms with Gasteiger partial charge in [0.2, 0.25) is 10.0 Å². The highest BCUT2D eigenvalue weighted by atomic mass is 32.2. The number of sulfonamides is 1. The molecule has 0 spiro atoms. The first-order valence-corrected chi connectivity index (χ1v) is 9.47. The van der Waals surface area contributed by atoms with Crippen molar-refractivity contribution in [2.45, 2.75) is 18.7 Å². The molecule has 1 heterocycles. The lowest BCUT2D eigenvalue weighted by molar-refractivity contribution is -0.144. The molecule has 0 aromatic heterocycles. The van der Waals surface area contributed by atoms with Crippen molar-refractivity contribution in [3.8, 4) is 0 Å². The zero-order chi connectivity index (χ0) is 19.7. The van der Waals surface area contributed by atoms with Gasteiger partial charge in [-0.1, -0.05) is 0 Å². The van der Waals surface area contributed by atoms with Gasteiger partial charge >= 0.3 is 12.1 Å². The molecule has 1 saturated heterocycles. The van der Waals surface area contributed by atoms with Gasteiger partial charge in [0, 0.05) is 25.8 Å². The first-order valence-electron chi connectivity index (χ1n) is 7.62. The maximum atomic E-state index is 13.2. The first-order chi connectivity index (χ1) is 11.9. The Morgan fingerprint density at radius 3 is 2.58 bits per heavy atom. The maximum absolute atomic E-state index is 13.2. The van der Waals surface area contributed by atoms with Crippen LogP contribution >= 0.6 is 0 Å². The molecule has 0 saturated carbocycles. The van der Waals surface area contributed by atoms with Gasteiger partial charge in [0.25, 0.3) is 0 Å². The number of rotatable bonds is 6.